The number of carbonyl (C=O) groups excluding carboxylic acids is 1. The minimum absolute atomic E-state index is 0.111. The Morgan fingerprint density at radius 1 is 1.25 bits per heavy atom. The number of nitrogens with two attached hydrogens (primary N) is 1. The largest absolute Gasteiger partial charge is 0.384 e. The van der Waals surface area contributed by atoms with Gasteiger partial charge in [-0.1, -0.05) is 42.2 Å². The molecule has 0 aliphatic carbocycles. The maximum Gasteiger partial charge on any atom is 0.264 e. The standard InChI is InChI=1S/C27H24N6O3/c1-17(30-26(35)23-24(28)31-32-14-7-13-29-25(23)32)21-16-19-9-5-8-18(10-6-15-34)22(19)27(36)33(21)20-11-3-2-4-12-20/h2-5,7-9,11-12,14,16-17,29,34H,13,15H2,1H3,(H2,28,31)(H,30,35). The van der Waals surface area contributed by atoms with Gasteiger partial charge in [-0.15, -0.1) is 5.10 Å². The lowest BCUT2D eigenvalue weighted by Gasteiger charge is -2.21. The third-order valence-corrected chi connectivity index (χ3v) is 5.98. The highest BCUT2D eigenvalue weighted by atomic mass is 16.2. The van der Waals surface area contributed by atoms with Crippen LogP contribution in [-0.2, 0) is 0 Å². The molecule has 1 atom stereocenters. The van der Waals surface area contributed by atoms with Crippen molar-refractivity contribution in [1.29, 1.82) is 0 Å². The topological polar surface area (TPSA) is 127 Å². The van der Waals surface area contributed by atoms with Crippen LogP contribution in [0.15, 0.2) is 65.5 Å². The molecule has 0 saturated heterocycles. The smallest absolute Gasteiger partial charge is 0.264 e. The number of aromatic nitrogens is 3. The number of nitrogen functional groups attached to an aromatic ring is 1. The van der Waals surface area contributed by atoms with E-state index in [1.807, 2.05) is 61.5 Å². The van der Waals surface area contributed by atoms with E-state index in [9.17, 15) is 9.59 Å². The van der Waals surface area contributed by atoms with Gasteiger partial charge in [-0.3, -0.25) is 14.2 Å². The van der Waals surface area contributed by atoms with Crippen molar-refractivity contribution in [2.45, 2.75) is 13.0 Å². The minimum atomic E-state index is -0.559. The predicted octanol–water partition coefficient (Wildman–Crippen LogP) is 2.50. The second-order valence-electron chi connectivity index (χ2n) is 8.29. The summed E-state index contributed by atoms with van der Waals surface area (Å²) in [5.74, 6) is 5.72. The molecule has 36 heavy (non-hydrogen) atoms. The minimum Gasteiger partial charge on any atom is -0.384 e. The fourth-order valence-electron chi connectivity index (χ4n) is 4.39. The number of rotatable bonds is 4. The Balaban J connectivity index is 1.63. The fourth-order valence-corrected chi connectivity index (χ4v) is 4.39. The first-order valence-corrected chi connectivity index (χ1v) is 11.4. The Bertz CT molecular complexity index is 1620. The summed E-state index contributed by atoms with van der Waals surface area (Å²) in [5, 5.41) is 20.6. The number of anilines is 2. The van der Waals surface area contributed by atoms with Crippen LogP contribution in [0, 0.1) is 11.8 Å². The van der Waals surface area contributed by atoms with E-state index in [2.05, 4.69) is 27.6 Å². The molecule has 2 aromatic carbocycles. The van der Waals surface area contributed by atoms with E-state index in [0.29, 0.717) is 40.1 Å². The van der Waals surface area contributed by atoms with Gasteiger partial charge in [0.15, 0.2) is 5.82 Å². The molecule has 0 bridgehead atoms. The van der Waals surface area contributed by atoms with Crippen molar-refractivity contribution >= 4 is 34.5 Å². The second kappa shape index (κ2) is 9.44. The number of nitrogens with zero attached hydrogens (tertiary/aromatic N) is 3. The molecule has 0 radical (unpaired) electrons. The molecule has 4 aromatic rings. The van der Waals surface area contributed by atoms with E-state index in [-0.39, 0.29) is 23.5 Å². The highest BCUT2D eigenvalue weighted by molar-refractivity contribution is 6.04. The van der Waals surface area contributed by atoms with E-state index < -0.39 is 11.9 Å². The van der Waals surface area contributed by atoms with Gasteiger partial charge in [-0.25, -0.2) is 4.68 Å². The van der Waals surface area contributed by atoms with Gasteiger partial charge in [0.25, 0.3) is 11.5 Å². The number of hydrogen-bond donors (Lipinski definition) is 4. The van der Waals surface area contributed by atoms with Crippen LogP contribution >= 0.6 is 0 Å². The summed E-state index contributed by atoms with van der Waals surface area (Å²) in [7, 11) is 0. The number of fused-ring (bicyclic) bond motifs is 2. The van der Waals surface area contributed by atoms with Crippen LogP contribution in [0.1, 0.15) is 34.6 Å². The molecule has 5 N–H and O–H groups in total. The van der Waals surface area contributed by atoms with Crippen LogP contribution in [0.5, 0.6) is 0 Å². The second-order valence-corrected chi connectivity index (χ2v) is 8.29. The van der Waals surface area contributed by atoms with E-state index in [4.69, 9.17) is 10.8 Å². The van der Waals surface area contributed by atoms with E-state index in [1.165, 1.54) is 4.68 Å². The number of para-hydroxylation sites is 1. The quantitative estimate of drug-likeness (QED) is 0.333. The molecule has 0 saturated carbocycles. The van der Waals surface area contributed by atoms with Gasteiger partial charge in [-0.05, 0) is 42.7 Å². The summed E-state index contributed by atoms with van der Waals surface area (Å²) in [6.45, 7) is 2.06. The SMILES string of the molecule is CC(NC(=O)c1c(N)nn2c1NCC=C2)c1cc2cccc(C#CCO)c2c(=O)n1-c1ccccc1. The van der Waals surface area contributed by atoms with Gasteiger partial charge in [-0.2, -0.15) is 0 Å². The average Bonchev–Trinajstić information content (AvgIpc) is 3.23. The van der Waals surface area contributed by atoms with Crippen LogP contribution < -0.4 is 21.9 Å². The monoisotopic (exact) mass is 480 g/mol. The van der Waals surface area contributed by atoms with Crippen LogP contribution in [0.3, 0.4) is 0 Å². The maximum absolute atomic E-state index is 13.9. The van der Waals surface area contributed by atoms with Crippen LogP contribution in [-0.4, -0.2) is 38.5 Å². The highest BCUT2D eigenvalue weighted by Crippen LogP contribution is 2.27. The van der Waals surface area contributed by atoms with Crippen molar-refractivity contribution in [1.82, 2.24) is 19.7 Å². The molecule has 0 spiro atoms. The number of carbonyl (C=O) groups is 1. The number of amides is 1. The number of pyridine rings is 1. The summed E-state index contributed by atoms with van der Waals surface area (Å²) < 4.78 is 3.11. The molecule has 1 unspecified atom stereocenters. The van der Waals surface area contributed by atoms with Crippen LogP contribution in [0.2, 0.25) is 0 Å². The summed E-state index contributed by atoms with van der Waals surface area (Å²) in [6.07, 6.45) is 3.62. The summed E-state index contributed by atoms with van der Waals surface area (Å²) in [6, 6.07) is 15.9. The third kappa shape index (κ3) is 4.00. The zero-order valence-corrected chi connectivity index (χ0v) is 19.5. The molecule has 3 heterocycles. The molecule has 1 amide bonds. The van der Waals surface area contributed by atoms with Crippen molar-refractivity contribution in [3.8, 4) is 17.5 Å². The Kier molecular flexibility index (Phi) is 6.02. The van der Waals surface area contributed by atoms with Gasteiger partial charge in [0.05, 0.1) is 11.4 Å². The molecule has 9 nitrogen and oxygen atoms in total. The zero-order valence-electron chi connectivity index (χ0n) is 19.5. The molecule has 2 aromatic heterocycles. The van der Waals surface area contributed by atoms with Crippen LogP contribution in [0.25, 0.3) is 22.7 Å². The molecule has 180 valence electrons. The third-order valence-electron chi connectivity index (χ3n) is 5.98. The first-order chi connectivity index (χ1) is 17.5. The molecule has 0 fully saturated rings. The Morgan fingerprint density at radius 3 is 2.83 bits per heavy atom. The molecular weight excluding hydrogens is 456 g/mol. The summed E-state index contributed by atoms with van der Waals surface area (Å²) in [5.41, 5.74) is 7.81. The Labute approximate surface area is 206 Å². The highest BCUT2D eigenvalue weighted by Gasteiger charge is 2.26. The summed E-state index contributed by atoms with van der Waals surface area (Å²) >= 11 is 0. The number of aliphatic hydroxyl groups excluding tert-OH is 1. The van der Waals surface area contributed by atoms with E-state index in [0.717, 1.165) is 0 Å². The lowest BCUT2D eigenvalue weighted by molar-refractivity contribution is 0.0940. The average molecular weight is 481 g/mol. The van der Waals surface area contributed by atoms with Gasteiger partial charge in [0.1, 0.15) is 18.0 Å². The zero-order chi connectivity index (χ0) is 25.2. The normalized spacial score (nSPS) is 12.8. The molecule has 1 aliphatic heterocycles. The first kappa shape index (κ1) is 23.0. The van der Waals surface area contributed by atoms with Crippen LogP contribution in [0.4, 0.5) is 11.6 Å². The summed E-state index contributed by atoms with van der Waals surface area (Å²) in [4.78, 5) is 27.2. The fraction of sp³-hybridized carbons (Fsp3) is 0.148. The van der Waals surface area contributed by atoms with Crippen molar-refractivity contribution < 1.29 is 9.90 Å². The predicted molar refractivity (Wildman–Crippen MR) is 140 cm³/mol. The molecule has 5 rings (SSSR count). The van der Waals surface area contributed by atoms with Gasteiger partial charge in [0.2, 0.25) is 0 Å². The van der Waals surface area contributed by atoms with E-state index >= 15 is 0 Å². The van der Waals surface area contributed by atoms with Gasteiger partial charge >= 0.3 is 0 Å². The van der Waals surface area contributed by atoms with E-state index in [1.54, 1.807) is 16.8 Å². The van der Waals surface area contributed by atoms with Gasteiger partial charge in [0, 0.05) is 29.7 Å². The number of hydrogen-bond acceptors (Lipinski definition) is 6. The molecular formula is C27H24N6O3. The van der Waals surface area contributed by atoms with Crippen molar-refractivity contribution in [2.24, 2.45) is 0 Å². The van der Waals surface area contributed by atoms with Crippen molar-refractivity contribution in [2.75, 3.05) is 24.2 Å². The number of nitrogens with one attached hydrogen (secondary N) is 2. The van der Waals surface area contributed by atoms with Crippen molar-refractivity contribution in [3.63, 3.8) is 0 Å². The maximum atomic E-state index is 13.9. The Hall–Kier alpha value is -4.81. The number of aliphatic hydroxyl groups is 1. The van der Waals surface area contributed by atoms with Gasteiger partial charge < -0.3 is 21.5 Å². The first-order valence-electron chi connectivity index (χ1n) is 11.4. The number of benzene rings is 2. The van der Waals surface area contributed by atoms with Crippen molar-refractivity contribution in [3.05, 3.63) is 87.8 Å². The molecule has 1 aliphatic rings. The lowest BCUT2D eigenvalue weighted by atomic mass is 10.0. The lowest BCUT2D eigenvalue weighted by Crippen LogP contribution is -2.33. The molecule has 9 heteroatoms. The Morgan fingerprint density at radius 2 is 2.06 bits per heavy atom.